The van der Waals surface area contributed by atoms with E-state index in [2.05, 4.69) is 0 Å². The smallest absolute Gasteiger partial charge is 0.130 e. The van der Waals surface area contributed by atoms with Crippen LogP contribution in [0.25, 0.3) is 6.08 Å². The Morgan fingerprint density at radius 2 is 2.07 bits per heavy atom. The zero-order valence-corrected chi connectivity index (χ0v) is 7.69. The standard InChI is InChI=1S/C11H8N2O/c1-14-11-4-2-3-9(6-11)5-10(7-12)8-13/h2-6H,1H3. The highest BCUT2D eigenvalue weighted by Gasteiger charge is 1.95. The van der Waals surface area contributed by atoms with Gasteiger partial charge in [-0.1, -0.05) is 12.1 Å². The predicted molar refractivity (Wildman–Crippen MR) is 52.2 cm³/mol. The van der Waals surface area contributed by atoms with Crippen molar-refractivity contribution in [2.45, 2.75) is 0 Å². The van der Waals surface area contributed by atoms with Crippen LogP contribution < -0.4 is 4.74 Å². The normalized spacial score (nSPS) is 8.21. The summed E-state index contributed by atoms with van der Waals surface area (Å²) in [5.74, 6) is 0.703. The molecule has 0 aliphatic carbocycles. The number of nitriles is 2. The molecule has 0 N–H and O–H groups in total. The van der Waals surface area contributed by atoms with Gasteiger partial charge in [0.05, 0.1) is 7.11 Å². The number of hydrogen-bond donors (Lipinski definition) is 0. The van der Waals surface area contributed by atoms with E-state index in [1.54, 1.807) is 43.5 Å². The maximum Gasteiger partial charge on any atom is 0.130 e. The largest absolute Gasteiger partial charge is 0.497 e. The summed E-state index contributed by atoms with van der Waals surface area (Å²) in [4.78, 5) is 0. The minimum absolute atomic E-state index is 0.0817. The van der Waals surface area contributed by atoms with Crippen LogP contribution in [0, 0.1) is 22.7 Å². The monoisotopic (exact) mass is 184 g/mol. The van der Waals surface area contributed by atoms with Gasteiger partial charge in [-0.3, -0.25) is 0 Å². The minimum atomic E-state index is 0.0817. The average molecular weight is 184 g/mol. The van der Waals surface area contributed by atoms with Crippen molar-refractivity contribution in [1.29, 1.82) is 10.5 Å². The number of allylic oxidation sites excluding steroid dienone is 1. The molecule has 0 atom stereocenters. The molecule has 0 aliphatic rings. The molecule has 68 valence electrons. The van der Waals surface area contributed by atoms with E-state index >= 15 is 0 Å². The van der Waals surface area contributed by atoms with E-state index in [9.17, 15) is 0 Å². The van der Waals surface area contributed by atoms with E-state index in [-0.39, 0.29) is 5.57 Å². The van der Waals surface area contributed by atoms with Gasteiger partial charge in [0.25, 0.3) is 0 Å². The molecule has 0 heterocycles. The van der Waals surface area contributed by atoms with Gasteiger partial charge in [-0.05, 0) is 23.8 Å². The molecule has 0 fully saturated rings. The Bertz CT molecular complexity index is 419. The predicted octanol–water partition coefficient (Wildman–Crippen LogP) is 2.13. The van der Waals surface area contributed by atoms with Crippen LogP contribution in [0.15, 0.2) is 29.8 Å². The third-order valence-corrected chi connectivity index (χ3v) is 1.65. The van der Waals surface area contributed by atoms with Gasteiger partial charge in [0.15, 0.2) is 0 Å². The van der Waals surface area contributed by atoms with Gasteiger partial charge < -0.3 is 4.74 Å². The third kappa shape index (κ3) is 2.36. The molecule has 0 saturated heterocycles. The van der Waals surface area contributed by atoms with E-state index in [1.165, 1.54) is 6.08 Å². The van der Waals surface area contributed by atoms with Crippen LogP contribution in [-0.4, -0.2) is 7.11 Å². The summed E-state index contributed by atoms with van der Waals surface area (Å²) >= 11 is 0. The summed E-state index contributed by atoms with van der Waals surface area (Å²) in [6, 6.07) is 10.8. The van der Waals surface area contributed by atoms with E-state index in [1.807, 2.05) is 0 Å². The highest BCUT2D eigenvalue weighted by molar-refractivity contribution is 5.62. The molecule has 0 spiro atoms. The van der Waals surface area contributed by atoms with E-state index < -0.39 is 0 Å². The summed E-state index contributed by atoms with van der Waals surface area (Å²) in [5, 5.41) is 17.1. The molecule has 0 bridgehead atoms. The lowest BCUT2D eigenvalue weighted by Crippen LogP contribution is -1.83. The van der Waals surface area contributed by atoms with Crippen LogP contribution in [0.3, 0.4) is 0 Å². The second-order valence-electron chi connectivity index (χ2n) is 2.56. The molecule has 0 aliphatic heterocycles. The molecule has 0 aromatic heterocycles. The lowest BCUT2D eigenvalue weighted by Gasteiger charge is -1.99. The fourth-order valence-corrected chi connectivity index (χ4v) is 0.988. The second kappa shape index (κ2) is 4.69. The first kappa shape index (κ1) is 9.83. The number of ether oxygens (including phenoxy) is 1. The Hall–Kier alpha value is -2.26. The molecule has 1 rings (SSSR count). The first-order chi connectivity index (χ1) is 6.80. The van der Waals surface area contributed by atoms with Crippen LogP contribution in [-0.2, 0) is 0 Å². The minimum Gasteiger partial charge on any atom is -0.497 e. The molecule has 3 nitrogen and oxygen atoms in total. The Kier molecular flexibility index (Phi) is 3.29. The van der Waals surface area contributed by atoms with Crippen molar-refractivity contribution in [2.75, 3.05) is 7.11 Å². The topological polar surface area (TPSA) is 56.8 Å². The Morgan fingerprint density at radius 1 is 1.36 bits per heavy atom. The maximum absolute atomic E-state index is 8.54. The third-order valence-electron chi connectivity index (χ3n) is 1.65. The van der Waals surface area contributed by atoms with Crippen LogP contribution in [0.2, 0.25) is 0 Å². The van der Waals surface area contributed by atoms with E-state index in [0.717, 1.165) is 5.56 Å². The van der Waals surface area contributed by atoms with Crippen molar-refractivity contribution in [1.82, 2.24) is 0 Å². The summed E-state index contributed by atoms with van der Waals surface area (Å²) in [6.45, 7) is 0. The van der Waals surface area contributed by atoms with Crippen molar-refractivity contribution in [3.05, 3.63) is 35.4 Å². The van der Waals surface area contributed by atoms with Crippen molar-refractivity contribution >= 4 is 6.08 Å². The number of nitrogens with zero attached hydrogens (tertiary/aromatic N) is 2. The van der Waals surface area contributed by atoms with Crippen molar-refractivity contribution < 1.29 is 4.74 Å². The first-order valence-electron chi connectivity index (χ1n) is 3.96. The Balaban J connectivity index is 3.05. The molecule has 0 amide bonds. The molecule has 14 heavy (non-hydrogen) atoms. The van der Waals surface area contributed by atoms with Gasteiger partial charge in [0.1, 0.15) is 23.5 Å². The van der Waals surface area contributed by atoms with Gasteiger partial charge in [0.2, 0.25) is 0 Å². The maximum atomic E-state index is 8.54. The highest BCUT2D eigenvalue weighted by Crippen LogP contribution is 2.14. The summed E-state index contributed by atoms with van der Waals surface area (Å²) in [7, 11) is 1.57. The van der Waals surface area contributed by atoms with E-state index in [4.69, 9.17) is 15.3 Å². The van der Waals surface area contributed by atoms with Crippen molar-refractivity contribution in [3.8, 4) is 17.9 Å². The van der Waals surface area contributed by atoms with Crippen LogP contribution in [0.4, 0.5) is 0 Å². The lowest BCUT2D eigenvalue weighted by atomic mass is 10.1. The quantitative estimate of drug-likeness (QED) is 0.661. The second-order valence-corrected chi connectivity index (χ2v) is 2.56. The molecule has 1 aromatic rings. The highest BCUT2D eigenvalue weighted by atomic mass is 16.5. The van der Waals surface area contributed by atoms with E-state index in [0.29, 0.717) is 5.75 Å². The average Bonchev–Trinajstić information content (AvgIpc) is 2.26. The lowest BCUT2D eigenvalue weighted by molar-refractivity contribution is 0.414. The zero-order chi connectivity index (χ0) is 10.4. The molecule has 3 heteroatoms. The first-order valence-corrected chi connectivity index (χ1v) is 3.96. The van der Waals surface area contributed by atoms with Crippen LogP contribution in [0.5, 0.6) is 5.75 Å². The van der Waals surface area contributed by atoms with Gasteiger partial charge in [0, 0.05) is 0 Å². The van der Waals surface area contributed by atoms with Crippen LogP contribution >= 0.6 is 0 Å². The SMILES string of the molecule is COc1cccc(C=C(C#N)C#N)c1. The molecular weight excluding hydrogens is 176 g/mol. The fourth-order valence-electron chi connectivity index (χ4n) is 0.988. The Morgan fingerprint density at radius 3 is 2.64 bits per heavy atom. The summed E-state index contributed by atoms with van der Waals surface area (Å²) in [6.07, 6.45) is 1.52. The van der Waals surface area contributed by atoms with Gasteiger partial charge >= 0.3 is 0 Å². The molecule has 0 radical (unpaired) electrons. The van der Waals surface area contributed by atoms with Gasteiger partial charge in [-0.2, -0.15) is 10.5 Å². The number of rotatable bonds is 2. The summed E-state index contributed by atoms with van der Waals surface area (Å²) < 4.78 is 5.01. The molecule has 1 aromatic carbocycles. The van der Waals surface area contributed by atoms with Crippen molar-refractivity contribution in [2.24, 2.45) is 0 Å². The summed E-state index contributed by atoms with van der Waals surface area (Å²) in [5.41, 5.74) is 0.862. The number of hydrogen-bond acceptors (Lipinski definition) is 3. The fraction of sp³-hybridized carbons (Fsp3) is 0.0909. The van der Waals surface area contributed by atoms with Crippen LogP contribution in [0.1, 0.15) is 5.56 Å². The molecular formula is C11H8N2O. The zero-order valence-electron chi connectivity index (χ0n) is 7.69. The van der Waals surface area contributed by atoms with Gasteiger partial charge in [-0.25, -0.2) is 0 Å². The molecule has 0 unspecified atom stereocenters. The Labute approximate surface area is 82.5 Å². The number of methoxy groups -OCH3 is 1. The number of benzene rings is 1. The van der Waals surface area contributed by atoms with Gasteiger partial charge in [-0.15, -0.1) is 0 Å². The van der Waals surface area contributed by atoms with Crippen molar-refractivity contribution in [3.63, 3.8) is 0 Å². The molecule has 0 saturated carbocycles.